The topological polar surface area (TPSA) is 85.9 Å². The van der Waals surface area contributed by atoms with E-state index in [-0.39, 0.29) is 31.5 Å². The zero-order chi connectivity index (χ0) is 25.2. The summed E-state index contributed by atoms with van der Waals surface area (Å²) in [4.78, 5) is 25.6. The third-order valence-corrected chi connectivity index (χ3v) is 6.54. The van der Waals surface area contributed by atoms with Crippen LogP contribution in [-0.4, -0.2) is 55.1 Å². The molecule has 0 saturated carbocycles. The molecule has 7 heteroatoms. The molecule has 2 aliphatic rings. The summed E-state index contributed by atoms with van der Waals surface area (Å²) in [7, 11) is 0. The first-order valence-electron chi connectivity index (χ1n) is 12.1. The van der Waals surface area contributed by atoms with Gasteiger partial charge in [0.15, 0.2) is 5.79 Å². The van der Waals surface area contributed by atoms with E-state index in [4.69, 9.17) is 14.2 Å². The standard InChI is InChI=1S/C29H30N2O5/c1-28(2)35-25-24(34-19-29(25,36-28)18-31-26(32)21-12-7-4-8-13-21)17-30-27(33)23-15-9-14-22(16-23)20-10-5-3-6-11-20/h3-16,24-25H,17-19H2,1-2H3,(H,30,33)(H,31,32)/t24?,25-,29+/m1/s1. The first-order chi connectivity index (χ1) is 17.4. The molecule has 2 N–H and O–H groups in total. The number of fused-ring (bicyclic) bond motifs is 1. The lowest BCUT2D eigenvalue weighted by atomic mass is 9.96. The highest BCUT2D eigenvalue weighted by molar-refractivity contribution is 5.95. The Balaban J connectivity index is 1.24. The molecule has 3 aromatic rings. The molecule has 2 fully saturated rings. The summed E-state index contributed by atoms with van der Waals surface area (Å²) in [5, 5.41) is 5.94. The first-order valence-corrected chi connectivity index (χ1v) is 12.1. The second kappa shape index (κ2) is 9.85. The molecule has 1 unspecified atom stereocenters. The minimum Gasteiger partial charge on any atom is -0.370 e. The van der Waals surface area contributed by atoms with Gasteiger partial charge >= 0.3 is 0 Å². The molecule has 0 bridgehead atoms. The molecular formula is C29H30N2O5. The van der Waals surface area contributed by atoms with Crippen LogP contribution in [0.5, 0.6) is 0 Å². The summed E-state index contributed by atoms with van der Waals surface area (Å²) in [5.41, 5.74) is 2.33. The van der Waals surface area contributed by atoms with Gasteiger partial charge in [0.2, 0.25) is 0 Å². The van der Waals surface area contributed by atoms with Crippen molar-refractivity contribution in [2.24, 2.45) is 0 Å². The smallest absolute Gasteiger partial charge is 0.251 e. The molecule has 36 heavy (non-hydrogen) atoms. The van der Waals surface area contributed by atoms with Crippen molar-refractivity contribution >= 4 is 11.8 Å². The van der Waals surface area contributed by atoms with Crippen molar-refractivity contribution in [1.82, 2.24) is 10.6 Å². The maximum absolute atomic E-state index is 13.0. The van der Waals surface area contributed by atoms with Crippen molar-refractivity contribution in [2.45, 2.75) is 37.4 Å². The van der Waals surface area contributed by atoms with Gasteiger partial charge in [-0.2, -0.15) is 0 Å². The number of nitrogens with one attached hydrogen (secondary N) is 2. The summed E-state index contributed by atoms with van der Waals surface area (Å²) in [6, 6.07) is 26.5. The van der Waals surface area contributed by atoms with Crippen molar-refractivity contribution in [2.75, 3.05) is 19.7 Å². The summed E-state index contributed by atoms with van der Waals surface area (Å²) in [5.74, 6) is -1.21. The lowest BCUT2D eigenvalue weighted by Gasteiger charge is -2.27. The van der Waals surface area contributed by atoms with E-state index in [9.17, 15) is 9.59 Å². The summed E-state index contributed by atoms with van der Waals surface area (Å²) in [6.07, 6.45) is -0.860. The van der Waals surface area contributed by atoms with Gasteiger partial charge in [-0.05, 0) is 49.2 Å². The zero-order valence-corrected chi connectivity index (χ0v) is 20.4. The van der Waals surface area contributed by atoms with Crippen LogP contribution in [0.4, 0.5) is 0 Å². The van der Waals surface area contributed by atoms with Crippen LogP contribution in [0.25, 0.3) is 11.1 Å². The first kappa shape index (κ1) is 24.2. The molecule has 2 heterocycles. The van der Waals surface area contributed by atoms with Gasteiger partial charge < -0.3 is 24.8 Å². The lowest BCUT2D eigenvalue weighted by Crippen LogP contribution is -2.52. The second-order valence-corrected chi connectivity index (χ2v) is 9.66. The van der Waals surface area contributed by atoms with Crippen molar-refractivity contribution in [1.29, 1.82) is 0 Å². The van der Waals surface area contributed by atoms with Crippen molar-refractivity contribution in [3.05, 3.63) is 96.1 Å². The second-order valence-electron chi connectivity index (χ2n) is 9.66. The number of hydrogen-bond donors (Lipinski definition) is 2. The monoisotopic (exact) mass is 486 g/mol. The van der Waals surface area contributed by atoms with E-state index in [1.165, 1.54) is 0 Å². The number of benzene rings is 3. The highest BCUT2D eigenvalue weighted by Crippen LogP contribution is 2.43. The molecule has 0 radical (unpaired) electrons. The highest BCUT2D eigenvalue weighted by atomic mass is 16.8. The third-order valence-electron chi connectivity index (χ3n) is 6.54. The van der Waals surface area contributed by atoms with Crippen molar-refractivity contribution in [3.63, 3.8) is 0 Å². The molecular weight excluding hydrogens is 456 g/mol. The fourth-order valence-corrected chi connectivity index (χ4v) is 4.89. The minimum absolute atomic E-state index is 0.188. The van der Waals surface area contributed by atoms with Gasteiger partial charge in [0.25, 0.3) is 11.8 Å². The number of amides is 2. The molecule has 186 valence electrons. The highest BCUT2D eigenvalue weighted by Gasteiger charge is 2.61. The zero-order valence-electron chi connectivity index (χ0n) is 20.4. The average Bonchev–Trinajstić information content (AvgIpc) is 3.36. The molecule has 3 atom stereocenters. The van der Waals surface area contributed by atoms with Crippen LogP contribution in [0.1, 0.15) is 34.6 Å². The number of hydrogen-bond acceptors (Lipinski definition) is 5. The Labute approximate surface area is 210 Å². The third kappa shape index (κ3) is 5.04. The molecule has 5 rings (SSSR count). The van der Waals surface area contributed by atoms with Crippen LogP contribution < -0.4 is 10.6 Å². The van der Waals surface area contributed by atoms with E-state index in [0.29, 0.717) is 11.1 Å². The van der Waals surface area contributed by atoms with Gasteiger partial charge in [-0.25, -0.2) is 0 Å². The fraction of sp³-hybridized carbons (Fsp3) is 0.310. The lowest BCUT2D eigenvalue weighted by molar-refractivity contribution is -0.188. The van der Waals surface area contributed by atoms with Crippen molar-refractivity contribution in [3.8, 4) is 11.1 Å². The molecule has 2 aliphatic heterocycles. The van der Waals surface area contributed by atoms with Gasteiger partial charge in [0.1, 0.15) is 17.8 Å². The number of ether oxygens (including phenoxy) is 3. The molecule has 2 saturated heterocycles. The molecule has 0 spiro atoms. The number of carbonyl (C=O) groups is 2. The molecule has 3 aromatic carbocycles. The molecule has 0 aliphatic carbocycles. The summed E-state index contributed by atoms with van der Waals surface area (Å²) >= 11 is 0. The number of carbonyl (C=O) groups excluding carboxylic acids is 2. The van der Waals surface area contributed by atoms with Crippen LogP contribution in [0, 0.1) is 0 Å². The minimum atomic E-state index is -0.837. The van der Waals surface area contributed by atoms with Gasteiger partial charge in [-0.1, -0.05) is 60.7 Å². The summed E-state index contributed by atoms with van der Waals surface area (Å²) < 4.78 is 18.5. The van der Waals surface area contributed by atoms with Crippen molar-refractivity contribution < 1.29 is 23.8 Å². The Bertz CT molecular complexity index is 1230. The van der Waals surface area contributed by atoms with Gasteiger partial charge in [-0.3, -0.25) is 9.59 Å². The SMILES string of the molecule is CC1(C)O[C@@H]2C(CNC(=O)c3cccc(-c4ccccc4)c3)OC[C@]2(CNC(=O)c2ccccc2)O1. The van der Waals surface area contributed by atoms with E-state index in [1.54, 1.807) is 18.2 Å². The fourth-order valence-electron chi connectivity index (χ4n) is 4.89. The van der Waals surface area contributed by atoms with Gasteiger partial charge in [-0.15, -0.1) is 0 Å². The predicted molar refractivity (Wildman–Crippen MR) is 135 cm³/mol. The van der Waals surface area contributed by atoms with E-state index < -0.39 is 23.6 Å². The Morgan fingerprint density at radius 3 is 2.22 bits per heavy atom. The Kier molecular flexibility index (Phi) is 6.62. The molecule has 2 amide bonds. The molecule has 7 nitrogen and oxygen atoms in total. The Morgan fingerprint density at radius 2 is 1.47 bits per heavy atom. The Morgan fingerprint density at radius 1 is 0.833 bits per heavy atom. The predicted octanol–water partition coefficient (Wildman–Crippen LogP) is 3.80. The maximum Gasteiger partial charge on any atom is 0.251 e. The van der Waals surface area contributed by atoms with Gasteiger partial charge in [0.05, 0.1) is 13.2 Å². The largest absolute Gasteiger partial charge is 0.370 e. The maximum atomic E-state index is 13.0. The van der Waals surface area contributed by atoms with E-state index in [1.807, 2.05) is 80.6 Å². The van der Waals surface area contributed by atoms with Crippen LogP contribution in [0.3, 0.4) is 0 Å². The van der Waals surface area contributed by atoms with Crippen LogP contribution in [0.15, 0.2) is 84.9 Å². The van der Waals surface area contributed by atoms with Gasteiger partial charge in [0, 0.05) is 17.7 Å². The van der Waals surface area contributed by atoms with E-state index in [2.05, 4.69) is 10.6 Å². The van der Waals surface area contributed by atoms with E-state index >= 15 is 0 Å². The Hall–Kier alpha value is -3.52. The van der Waals surface area contributed by atoms with Crippen LogP contribution in [0.2, 0.25) is 0 Å². The summed E-state index contributed by atoms with van der Waals surface area (Å²) in [6.45, 7) is 4.43. The number of rotatable bonds is 7. The molecule has 0 aromatic heterocycles. The van der Waals surface area contributed by atoms with Crippen LogP contribution >= 0.6 is 0 Å². The van der Waals surface area contributed by atoms with Crippen LogP contribution in [-0.2, 0) is 14.2 Å². The average molecular weight is 487 g/mol. The normalized spacial score (nSPS) is 24.2. The van der Waals surface area contributed by atoms with E-state index in [0.717, 1.165) is 11.1 Å². The quantitative estimate of drug-likeness (QED) is 0.531.